The first-order valence-corrected chi connectivity index (χ1v) is 6.11. The van der Waals surface area contributed by atoms with Crippen LogP contribution in [0.4, 0.5) is 10.1 Å². The van der Waals surface area contributed by atoms with E-state index in [9.17, 15) is 9.18 Å². The summed E-state index contributed by atoms with van der Waals surface area (Å²) in [5.41, 5.74) is 0.586. The zero-order chi connectivity index (χ0) is 13.1. The van der Waals surface area contributed by atoms with E-state index in [0.29, 0.717) is 5.56 Å². The van der Waals surface area contributed by atoms with Gasteiger partial charge in [0.2, 0.25) is 0 Å². The summed E-state index contributed by atoms with van der Waals surface area (Å²) in [6.45, 7) is 0. The highest BCUT2D eigenvalue weighted by atomic mass is 79.9. The molecule has 0 saturated carbocycles. The summed E-state index contributed by atoms with van der Waals surface area (Å²) in [7, 11) is 0. The van der Waals surface area contributed by atoms with Crippen LogP contribution in [0.1, 0.15) is 10.4 Å². The second-order valence-electron chi connectivity index (χ2n) is 3.44. The van der Waals surface area contributed by atoms with Gasteiger partial charge in [0.15, 0.2) is 0 Å². The number of pyridine rings is 1. The van der Waals surface area contributed by atoms with Crippen molar-refractivity contribution < 1.29 is 9.18 Å². The van der Waals surface area contributed by atoms with Crippen LogP contribution < -0.4 is 5.32 Å². The molecule has 1 N–H and O–H groups in total. The molecule has 92 valence electrons. The molecule has 2 rings (SSSR count). The number of halogens is 3. The van der Waals surface area contributed by atoms with E-state index >= 15 is 0 Å². The van der Waals surface area contributed by atoms with Gasteiger partial charge < -0.3 is 5.32 Å². The van der Waals surface area contributed by atoms with Crippen molar-refractivity contribution >= 4 is 39.1 Å². The fraction of sp³-hybridized carbons (Fsp3) is 0. The number of carbonyl (C=O) groups excluding carboxylic acids is 1. The van der Waals surface area contributed by atoms with Crippen LogP contribution in [0, 0.1) is 5.82 Å². The minimum Gasteiger partial charge on any atom is -0.320 e. The molecular weight excluding hydrogens is 323 g/mol. The Labute approximate surface area is 116 Å². The minimum atomic E-state index is -0.499. The number of nitrogens with one attached hydrogen (secondary N) is 1. The molecule has 1 aromatic heterocycles. The quantitative estimate of drug-likeness (QED) is 0.849. The normalized spacial score (nSPS) is 10.2. The molecule has 0 spiro atoms. The predicted molar refractivity (Wildman–Crippen MR) is 71.3 cm³/mol. The van der Waals surface area contributed by atoms with Gasteiger partial charge in [0.05, 0.1) is 20.7 Å². The molecule has 0 saturated heterocycles. The molecule has 1 aromatic carbocycles. The fourth-order valence-electron chi connectivity index (χ4n) is 1.31. The summed E-state index contributed by atoms with van der Waals surface area (Å²) in [6, 6.07) is 5.78. The summed E-state index contributed by atoms with van der Waals surface area (Å²) in [6.07, 6.45) is 2.97. The Bertz CT molecular complexity index is 592. The molecule has 2 aromatic rings. The van der Waals surface area contributed by atoms with Crippen LogP contribution >= 0.6 is 27.5 Å². The SMILES string of the molecule is O=C(Nc1cc(F)c(Br)cc1Cl)c1cccnc1. The summed E-state index contributed by atoms with van der Waals surface area (Å²) in [5.74, 6) is -0.896. The molecule has 3 nitrogen and oxygen atoms in total. The van der Waals surface area contributed by atoms with E-state index in [1.165, 1.54) is 12.3 Å². The average molecular weight is 330 g/mol. The van der Waals surface area contributed by atoms with Gasteiger partial charge in [-0.15, -0.1) is 0 Å². The molecule has 0 bridgehead atoms. The number of aromatic nitrogens is 1. The van der Waals surface area contributed by atoms with E-state index < -0.39 is 11.7 Å². The molecule has 0 aliphatic heterocycles. The average Bonchev–Trinajstić information content (AvgIpc) is 2.37. The van der Waals surface area contributed by atoms with Crippen LogP contribution in [0.5, 0.6) is 0 Å². The summed E-state index contributed by atoms with van der Waals surface area (Å²) in [5, 5.41) is 2.77. The molecule has 6 heteroatoms. The lowest BCUT2D eigenvalue weighted by atomic mass is 10.2. The zero-order valence-corrected chi connectivity index (χ0v) is 11.3. The lowest BCUT2D eigenvalue weighted by Crippen LogP contribution is -2.12. The van der Waals surface area contributed by atoms with Gasteiger partial charge in [-0.1, -0.05) is 11.6 Å². The third-order valence-electron chi connectivity index (χ3n) is 2.18. The maximum Gasteiger partial charge on any atom is 0.257 e. The number of anilines is 1. The summed E-state index contributed by atoms with van der Waals surface area (Å²) < 4.78 is 13.6. The van der Waals surface area contributed by atoms with Crippen LogP contribution in [0.25, 0.3) is 0 Å². The third kappa shape index (κ3) is 2.86. The van der Waals surface area contributed by atoms with Crippen LogP contribution in [-0.4, -0.2) is 10.9 Å². The highest BCUT2D eigenvalue weighted by Crippen LogP contribution is 2.28. The largest absolute Gasteiger partial charge is 0.320 e. The van der Waals surface area contributed by atoms with E-state index in [-0.39, 0.29) is 15.2 Å². The Morgan fingerprint density at radius 1 is 1.44 bits per heavy atom. The number of hydrogen-bond acceptors (Lipinski definition) is 2. The van der Waals surface area contributed by atoms with Gasteiger partial charge in [-0.25, -0.2) is 4.39 Å². The van der Waals surface area contributed by atoms with Crippen molar-refractivity contribution in [3.8, 4) is 0 Å². The maximum atomic E-state index is 13.3. The first kappa shape index (κ1) is 13.0. The number of nitrogens with zero attached hydrogens (tertiary/aromatic N) is 1. The van der Waals surface area contributed by atoms with Crippen LogP contribution in [0.2, 0.25) is 5.02 Å². The number of benzene rings is 1. The van der Waals surface area contributed by atoms with Gasteiger partial charge in [-0.3, -0.25) is 9.78 Å². The maximum absolute atomic E-state index is 13.3. The highest BCUT2D eigenvalue weighted by molar-refractivity contribution is 9.10. The van der Waals surface area contributed by atoms with Crippen molar-refractivity contribution in [2.24, 2.45) is 0 Å². The predicted octanol–water partition coefficient (Wildman–Crippen LogP) is 3.89. The molecule has 1 heterocycles. The first-order chi connectivity index (χ1) is 8.58. The molecule has 1 amide bonds. The number of carbonyl (C=O) groups is 1. The molecule has 0 unspecified atom stereocenters. The zero-order valence-electron chi connectivity index (χ0n) is 8.95. The molecule has 0 aliphatic rings. The van der Waals surface area contributed by atoms with Gasteiger partial charge >= 0.3 is 0 Å². The van der Waals surface area contributed by atoms with Crippen molar-refractivity contribution in [3.63, 3.8) is 0 Å². The molecular formula is C12H7BrClFN2O. The molecule has 18 heavy (non-hydrogen) atoms. The van der Waals surface area contributed by atoms with Crippen molar-refractivity contribution in [2.45, 2.75) is 0 Å². The van der Waals surface area contributed by atoms with E-state index in [0.717, 1.165) is 6.07 Å². The highest BCUT2D eigenvalue weighted by Gasteiger charge is 2.11. The van der Waals surface area contributed by atoms with E-state index in [1.54, 1.807) is 18.3 Å². The lowest BCUT2D eigenvalue weighted by molar-refractivity contribution is 0.102. The van der Waals surface area contributed by atoms with Gasteiger partial charge in [0.25, 0.3) is 5.91 Å². The summed E-state index contributed by atoms with van der Waals surface area (Å²) in [4.78, 5) is 15.6. The van der Waals surface area contributed by atoms with Crippen molar-refractivity contribution in [2.75, 3.05) is 5.32 Å². The van der Waals surface area contributed by atoms with Crippen molar-refractivity contribution in [1.29, 1.82) is 0 Å². The summed E-state index contributed by atoms with van der Waals surface area (Å²) >= 11 is 8.92. The molecule has 0 radical (unpaired) electrons. The minimum absolute atomic E-state index is 0.214. The van der Waals surface area contributed by atoms with E-state index in [2.05, 4.69) is 26.2 Å². The fourth-order valence-corrected chi connectivity index (χ4v) is 2.00. The van der Waals surface area contributed by atoms with Gasteiger partial charge in [0, 0.05) is 18.5 Å². The van der Waals surface area contributed by atoms with Crippen LogP contribution in [0.15, 0.2) is 41.1 Å². The van der Waals surface area contributed by atoms with E-state index in [1.807, 2.05) is 0 Å². The second-order valence-corrected chi connectivity index (χ2v) is 4.70. The van der Waals surface area contributed by atoms with Crippen molar-refractivity contribution in [1.82, 2.24) is 4.98 Å². The smallest absolute Gasteiger partial charge is 0.257 e. The molecule has 0 aliphatic carbocycles. The third-order valence-corrected chi connectivity index (χ3v) is 3.10. The van der Waals surface area contributed by atoms with Gasteiger partial charge in [-0.05, 0) is 34.1 Å². The Kier molecular flexibility index (Phi) is 3.93. The standard InChI is InChI=1S/C12H7BrClFN2O/c13-8-4-9(14)11(5-10(8)15)17-12(18)7-2-1-3-16-6-7/h1-6H,(H,17,18). The Hall–Kier alpha value is -1.46. The Morgan fingerprint density at radius 3 is 2.89 bits per heavy atom. The Balaban J connectivity index is 2.25. The monoisotopic (exact) mass is 328 g/mol. The lowest BCUT2D eigenvalue weighted by Gasteiger charge is -2.08. The van der Waals surface area contributed by atoms with E-state index in [4.69, 9.17) is 11.6 Å². The second kappa shape index (κ2) is 5.46. The van der Waals surface area contributed by atoms with Gasteiger partial charge in [0.1, 0.15) is 5.82 Å². The first-order valence-electron chi connectivity index (χ1n) is 4.94. The van der Waals surface area contributed by atoms with Crippen LogP contribution in [0.3, 0.4) is 0 Å². The van der Waals surface area contributed by atoms with Crippen molar-refractivity contribution in [3.05, 3.63) is 57.5 Å². The number of amides is 1. The molecule has 0 atom stereocenters. The number of hydrogen-bond donors (Lipinski definition) is 1. The molecule has 0 fully saturated rings. The Morgan fingerprint density at radius 2 is 2.22 bits per heavy atom. The van der Waals surface area contributed by atoms with Gasteiger partial charge in [-0.2, -0.15) is 0 Å². The topological polar surface area (TPSA) is 42.0 Å². The number of rotatable bonds is 2. The van der Waals surface area contributed by atoms with Crippen LogP contribution in [-0.2, 0) is 0 Å².